The highest BCUT2D eigenvalue weighted by atomic mass is 16.6. The molecule has 0 bridgehead atoms. The molecule has 4 rings (SSSR count). The summed E-state index contributed by atoms with van der Waals surface area (Å²) >= 11 is 0. The zero-order valence-corrected chi connectivity index (χ0v) is 14.9. The maximum absolute atomic E-state index is 11.2. The molecule has 1 N–H and O–H groups in total. The molecule has 136 valence electrons. The summed E-state index contributed by atoms with van der Waals surface area (Å²) < 4.78 is 5.27. The first-order chi connectivity index (χ1) is 12.8. The van der Waals surface area contributed by atoms with Gasteiger partial charge in [-0.1, -0.05) is 60.7 Å². The number of carbonyl (C=O) groups is 1. The number of ether oxygens (including phenoxy) is 1. The number of benzene rings is 2. The number of piperazine rings is 1. The Bertz CT molecular complexity index is 675. The Morgan fingerprint density at radius 3 is 2.00 bits per heavy atom. The van der Waals surface area contributed by atoms with E-state index in [1.165, 1.54) is 11.1 Å². The smallest absolute Gasteiger partial charge is 0.407 e. The molecule has 5 nitrogen and oxygen atoms in total. The minimum atomic E-state index is -0.290. The summed E-state index contributed by atoms with van der Waals surface area (Å²) in [5, 5.41) is 2.73. The van der Waals surface area contributed by atoms with Crippen LogP contribution in [0, 0.1) is 0 Å². The summed E-state index contributed by atoms with van der Waals surface area (Å²) in [5.41, 5.74) is 2.67. The quantitative estimate of drug-likeness (QED) is 0.899. The normalized spacial score (nSPS) is 21.6. The van der Waals surface area contributed by atoms with Crippen molar-refractivity contribution < 1.29 is 9.53 Å². The van der Waals surface area contributed by atoms with E-state index in [9.17, 15) is 4.79 Å². The largest absolute Gasteiger partial charge is 0.443 e. The Morgan fingerprint density at radius 2 is 1.50 bits per heavy atom. The van der Waals surface area contributed by atoms with E-state index in [-0.39, 0.29) is 18.2 Å². The van der Waals surface area contributed by atoms with Gasteiger partial charge in [0.25, 0.3) is 0 Å². The molecule has 2 aliphatic rings. The number of cyclic esters (lactones) is 1. The van der Waals surface area contributed by atoms with Gasteiger partial charge in [-0.15, -0.1) is 0 Å². The lowest BCUT2D eigenvalue weighted by Gasteiger charge is -2.40. The number of nitrogens with one attached hydrogen (secondary N) is 1. The van der Waals surface area contributed by atoms with Crippen LogP contribution in [0.2, 0.25) is 0 Å². The second-order valence-electron chi connectivity index (χ2n) is 6.97. The minimum Gasteiger partial charge on any atom is -0.443 e. The van der Waals surface area contributed by atoms with E-state index in [4.69, 9.17) is 4.74 Å². The van der Waals surface area contributed by atoms with Gasteiger partial charge in [-0.05, 0) is 11.1 Å². The second kappa shape index (κ2) is 7.89. The molecule has 0 spiro atoms. The first-order valence-corrected chi connectivity index (χ1v) is 9.30. The molecular weight excluding hydrogens is 326 g/mol. The number of alkyl carbamates (subject to hydrolysis) is 1. The van der Waals surface area contributed by atoms with Gasteiger partial charge in [0.15, 0.2) is 0 Å². The van der Waals surface area contributed by atoms with E-state index in [0.717, 1.165) is 32.7 Å². The highest BCUT2D eigenvalue weighted by molar-refractivity contribution is 5.69. The Morgan fingerprint density at radius 1 is 0.923 bits per heavy atom. The van der Waals surface area contributed by atoms with Crippen LogP contribution >= 0.6 is 0 Å². The van der Waals surface area contributed by atoms with Gasteiger partial charge in [0.05, 0.1) is 12.6 Å². The summed E-state index contributed by atoms with van der Waals surface area (Å²) in [6.07, 6.45) is -0.310. The van der Waals surface area contributed by atoms with Gasteiger partial charge in [-0.2, -0.15) is 0 Å². The van der Waals surface area contributed by atoms with E-state index in [1.54, 1.807) is 0 Å². The molecule has 1 atom stereocenters. The standard InChI is InChI=1S/C21H25N3O2/c25-21-22-15-19(26-21)16-23-11-13-24(14-12-23)20(17-7-3-1-4-8-17)18-9-5-2-6-10-18/h1-10,19-20H,11-16H2,(H,22,25). The van der Waals surface area contributed by atoms with Gasteiger partial charge < -0.3 is 10.1 Å². The predicted molar refractivity (Wildman–Crippen MR) is 101 cm³/mol. The molecule has 0 aromatic heterocycles. The van der Waals surface area contributed by atoms with Crippen molar-refractivity contribution in [2.45, 2.75) is 12.1 Å². The highest BCUT2D eigenvalue weighted by Crippen LogP contribution is 2.29. The van der Waals surface area contributed by atoms with Crippen LogP contribution in [-0.2, 0) is 4.74 Å². The molecule has 2 aromatic carbocycles. The van der Waals surface area contributed by atoms with Gasteiger partial charge in [0.1, 0.15) is 6.10 Å². The summed E-state index contributed by atoms with van der Waals surface area (Å²) in [7, 11) is 0. The van der Waals surface area contributed by atoms with Crippen LogP contribution in [0.1, 0.15) is 17.2 Å². The van der Waals surface area contributed by atoms with Crippen molar-refractivity contribution in [1.29, 1.82) is 0 Å². The molecule has 2 aliphatic heterocycles. The topological polar surface area (TPSA) is 44.8 Å². The van der Waals surface area contributed by atoms with E-state index < -0.39 is 0 Å². The average Bonchev–Trinajstić information content (AvgIpc) is 3.10. The SMILES string of the molecule is O=C1NCC(CN2CCN(C(c3ccccc3)c3ccccc3)CC2)O1. The Kier molecular flexibility index (Phi) is 5.18. The van der Waals surface area contributed by atoms with E-state index in [2.05, 4.69) is 75.8 Å². The van der Waals surface area contributed by atoms with Crippen LogP contribution in [0.3, 0.4) is 0 Å². The molecule has 2 heterocycles. The van der Waals surface area contributed by atoms with Crippen molar-refractivity contribution in [3.05, 3.63) is 71.8 Å². The lowest BCUT2D eigenvalue weighted by molar-refractivity contribution is 0.0672. The number of hydrogen-bond donors (Lipinski definition) is 1. The van der Waals surface area contributed by atoms with Crippen molar-refractivity contribution in [3.8, 4) is 0 Å². The van der Waals surface area contributed by atoms with Crippen molar-refractivity contribution >= 4 is 6.09 Å². The molecule has 1 unspecified atom stereocenters. The molecule has 0 saturated carbocycles. The molecule has 2 fully saturated rings. The molecule has 1 amide bonds. The van der Waals surface area contributed by atoms with Crippen molar-refractivity contribution in [3.63, 3.8) is 0 Å². The van der Waals surface area contributed by atoms with Gasteiger partial charge in [-0.3, -0.25) is 9.80 Å². The van der Waals surface area contributed by atoms with Crippen LogP contribution in [0.15, 0.2) is 60.7 Å². The Hall–Kier alpha value is -2.37. The van der Waals surface area contributed by atoms with Gasteiger partial charge in [0.2, 0.25) is 0 Å². The van der Waals surface area contributed by atoms with Crippen molar-refractivity contribution in [2.24, 2.45) is 0 Å². The fraction of sp³-hybridized carbons (Fsp3) is 0.381. The third kappa shape index (κ3) is 3.89. The van der Waals surface area contributed by atoms with Gasteiger partial charge in [0, 0.05) is 32.7 Å². The first kappa shape index (κ1) is 17.1. The van der Waals surface area contributed by atoms with Crippen LogP contribution < -0.4 is 5.32 Å². The molecule has 2 saturated heterocycles. The molecule has 0 radical (unpaired) electrons. The second-order valence-corrected chi connectivity index (χ2v) is 6.97. The lowest BCUT2D eigenvalue weighted by atomic mass is 9.96. The van der Waals surface area contributed by atoms with Crippen molar-refractivity contribution in [2.75, 3.05) is 39.3 Å². The Labute approximate surface area is 154 Å². The monoisotopic (exact) mass is 351 g/mol. The number of nitrogens with zero attached hydrogens (tertiary/aromatic N) is 2. The van der Waals surface area contributed by atoms with Gasteiger partial charge >= 0.3 is 6.09 Å². The molecule has 26 heavy (non-hydrogen) atoms. The number of amides is 1. The number of rotatable bonds is 5. The summed E-state index contributed by atoms with van der Waals surface area (Å²) in [6, 6.07) is 21.7. The zero-order valence-electron chi connectivity index (χ0n) is 14.9. The number of carbonyl (C=O) groups excluding carboxylic acids is 1. The summed E-state index contributed by atoms with van der Waals surface area (Å²) in [4.78, 5) is 16.1. The highest BCUT2D eigenvalue weighted by Gasteiger charge is 2.29. The summed E-state index contributed by atoms with van der Waals surface area (Å²) in [5.74, 6) is 0. The molecular formula is C21H25N3O2. The molecule has 0 aliphatic carbocycles. The fourth-order valence-corrected chi connectivity index (χ4v) is 3.91. The van der Waals surface area contributed by atoms with Gasteiger partial charge in [-0.25, -0.2) is 4.79 Å². The van der Waals surface area contributed by atoms with E-state index >= 15 is 0 Å². The van der Waals surface area contributed by atoms with Crippen LogP contribution in [0.4, 0.5) is 4.79 Å². The Balaban J connectivity index is 1.44. The van der Waals surface area contributed by atoms with Crippen molar-refractivity contribution in [1.82, 2.24) is 15.1 Å². The zero-order chi connectivity index (χ0) is 17.8. The van der Waals surface area contributed by atoms with E-state index in [1.807, 2.05) is 0 Å². The van der Waals surface area contributed by atoms with Crippen LogP contribution in [-0.4, -0.2) is 61.3 Å². The summed E-state index contributed by atoms with van der Waals surface area (Å²) in [6.45, 7) is 5.42. The maximum Gasteiger partial charge on any atom is 0.407 e. The third-order valence-corrected chi connectivity index (χ3v) is 5.21. The van der Waals surface area contributed by atoms with Crippen LogP contribution in [0.5, 0.6) is 0 Å². The predicted octanol–water partition coefficient (Wildman–Crippen LogP) is 2.50. The maximum atomic E-state index is 11.2. The molecule has 2 aromatic rings. The third-order valence-electron chi connectivity index (χ3n) is 5.21. The lowest BCUT2D eigenvalue weighted by Crippen LogP contribution is -2.50. The first-order valence-electron chi connectivity index (χ1n) is 9.30. The molecule has 5 heteroatoms. The fourth-order valence-electron chi connectivity index (χ4n) is 3.91. The minimum absolute atomic E-state index is 0.0203. The number of hydrogen-bond acceptors (Lipinski definition) is 4. The average molecular weight is 351 g/mol. The van der Waals surface area contributed by atoms with Crippen LogP contribution in [0.25, 0.3) is 0 Å². The van der Waals surface area contributed by atoms with E-state index in [0.29, 0.717) is 6.54 Å².